The maximum atomic E-state index is 6.07. The Hall–Kier alpha value is -0.300. The summed E-state index contributed by atoms with van der Waals surface area (Å²) in [7, 11) is 0. The fraction of sp³-hybridized carbons (Fsp3) is 0.643. The fourth-order valence-corrected chi connectivity index (χ4v) is 3.01. The third-order valence-corrected chi connectivity index (χ3v) is 4.77. The molecule has 0 saturated carbocycles. The van der Waals surface area contributed by atoms with E-state index in [1.165, 1.54) is 17.7 Å². The number of likely N-dealkylation sites (tertiary alicyclic amines) is 1. The molecule has 1 atom stereocenters. The first-order chi connectivity index (χ1) is 8.66. The Bertz CT molecular complexity index is 383. The van der Waals surface area contributed by atoms with Crippen LogP contribution in [0.25, 0.3) is 0 Å². The van der Waals surface area contributed by atoms with Gasteiger partial charge in [0.2, 0.25) is 0 Å². The maximum absolute atomic E-state index is 6.07. The first kappa shape index (κ1) is 16.8. The van der Waals surface area contributed by atoms with Crippen molar-refractivity contribution in [1.29, 1.82) is 0 Å². The second kappa shape index (κ2) is 8.09. The number of nitrogens with zero attached hydrogens (tertiary/aromatic N) is 2. The first-order valence-electron chi connectivity index (χ1n) is 6.75. The summed E-state index contributed by atoms with van der Waals surface area (Å²) >= 11 is 1.79. The highest BCUT2D eigenvalue weighted by molar-refractivity contribution is 14.0. The van der Waals surface area contributed by atoms with Gasteiger partial charge in [-0.05, 0) is 30.2 Å². The van der Waals surface area contributed by atoms with E-state index in [9.17, 15) is 0 Å². The molecule has 1 saturated heterocycles. The molecule has 0 spiro atoms. The molecule has 1 aromatic heterocycles. The molecule has 0 radical (unpaired) electrons. The van der Waals surface area contributed by atoms with E-state index in [2.05, 4.69) is 41.3 Å². The molecule has 5 heteroatoms. The molecule has 2 heterocycles. The summed E-state index contributed by atoms with van der Waals surface area (Å²) in [5, 5.41) is 2.12. The number of halogens is 1. The summed E-state index contributed by atoms with van der Waals surface area (Å²) < 4.78 is 0. The highest BCUT2D eigenvalue weighted by Gasteiger charge is 2.17. The number of hydrogen-bond acceptors (Lipinski definition) is 2. The summed E-state index contributed by atoms with van der Waals surface area (Å²) in [5.41, 5.74) is 6.07. The van der Waals surface area contributed by atoms with Crippen LogP contribution in [0, 0.1) is 5.92 Å². The minimum Gasteiger partial charge on any atom is -0.370 e. The lowest BCUT2D eigenvalue weighted by Gasteiger charge is -2.31. The predicted octanol–water partition coefficient (Wildman–Crippen LogP) is 3.52. The minimum absolute atomic E-state index is 0. The Morgan fingerprint density at radius 3 is 2.79 bits per heavy atom. The third kappa shape index (κ3) is 4.95. The number of hydrogen-bond donors (Lipinski definition) is 1. The molecule has 1 aromatic rings. The van der Waals surface area contributed by atoms with Gasteiger partial charge in [0.15, 0.2) is 5.96 Å². The Kier molecular flexibility index (Phi) is 7.13. The fourth-order valence-electron chi connectivity index (χ4n) is 2.23. The summed E-state index contributed by atoms with van der Waals surface area (Å²) in [6.07, 6.45) is 2.47. The van der Waals surface area contributed by atoms with Gasteiger partial charge < -0.3 is 10.6 Å². The third-order valence-electron chi connectivity index (χ3n) is 3.66. The Labute approximate surface area is 137 Å². The van der Waals surface area contributed by atoms with E-state index in [0.717, 1.165) is 31.5 Å². The summed E-state index contributed by atoms with van der Waals surface area (Å²) in [6.45, 7) is 7.43. The van der Waals surface area contributed by atoms with E-state index >= 15 is 0 Å². The Morgan fingerprint density at radius 1 is 1.53 bits per heavy atom. The predicted molar refractivity (Wildman–Crippen MR) is 94.6 cm³/mol. The van der Waals surface area contributed by atoms with Crippen molar-refractivity contribution < 1.29 is 0 Å². The molecular weight excluding hydrogens is 369 g/mol. The van der Waals surface area contributed by atoms with Crippen molar-refractivity contribution in [2.45, 2.75) is 32.6 Å². The number of nitrogens with two attached hydrogens (primary N) is 1. The van der Waals surface area contributed by atoms with E-state index in [-0.39, 0.29) is 24.0 Å². The second-order valence-corrected chi connectivity index (χ2v) is 6.26. The van der Waals surface area contributed by atoms with Gasteiger partial charge in [-0.2, -0.15) is 0 Å². The van der Waals surface area contributed by atoms with E-state index in [1.54, 1.807) is 11.3 Å². The normalized spacial score (nSPS) is 19.1. The van der Waals surface area contributed by atoms with Crippen molar-refractivity contribution in [3.8, 4) is 0 Å². The zero-order valence-corrected chi connectivity index (χ0v) is 14.9. The number of piperidine rings is 1. The van der Waals surface area contributed by atoms with Gasteiger partial charge in [0, 0.05) is 23.9 Å². The molecule has 19 heavy (non-hydrogen) atoms. The SMILES string of the molecule is CC1CCN(C(N)=NCC(C)c2cccs2)CC1.I. The van der Waals surface area contributed by atoms with Crippen molar-refractivity contribution in [1.82, 2.24) is 4.90 Å². The molecule has 0 amide bonds. The van der Waals surface area contributed by atoms with Gasteiger partial charge in [0.25, 0.3) is 0 Å². The van der Waals surface area contributed by atoms with Crippen LogP contribution in [0.5, 0.6) is 0 Å². The molecule has 3 nitrogen and oxygen atoms in total. The maximum Gasteiger partial charge on any atom is 0.191 e. The molecule has 2 rings (SSSR count). The van der Waals surface area contributed by atoms with Crippen LogP contribution in [0.3, 0.4) is 0 Å². The largest absolute Gasteiger partial charge is 0.370 e. The van der Waals surface area contributed by atoms with Crippen molar-refractivity contribution in [3.63, 3.8) is 0 Å². The zero-order chi connectivity index (χ0) is 13.0. The van der Waals surface area contributed by atoms with Crippen LogP contribution in [0.1, 0.15) is 37.5 Å². The topological polar surface area (TPSA) is 41.6 Å². The molecule has 0 bridgehead atoms. The lowest BCUT2D eigenvalue weighted by atomic mass is 10.00. The van der Waals surface area contributed by atoms with Crippen LogP contribution in [0.2, 0.25) is 0 Å². The smallest absolute Gasteiger partial charge is 0.191 e. The number of aliphatic imine (C=N–C) groups is 1. The molecule has 1 unspecified atom stereocenters. The lowest BCUT2D eigenvalue weighted by Crippen LogP contribution is -2.42. The molecule has 0 aliphatic carbocycles. The van der Waals surface area contributed by atoms with Gasteiger partial charge in [-0.1, -0.05) is 19.9 Å². The average Bonchev–Trinajstić information content (AvgIpc) is 2.90. The van der Waals surface area contributed by atoms with Crippen LogP contribution in [-0.2, 0) is 0 Å². The van der Waals surface area contributed by atoms with E-state index in [0.29, 0.717) is 5.92 Å². The van der Waals surface area contributed by atoms with Crippen LogP contribution in [0.4, 0.5) is 0 Å². The molecule has 1 aliphatic rings. The minimum atomic E-state index is 0. The van der Waals surface area contributed by atoms with E-state index in [1.807, 2.05) is 0 Å². The van der Waals surface area contributed by atoms with Gasteiger partial charge >= 0.3 is 0 Å². The molecular formula is C14H24IN3S. The van der Waals surface area contributed by atoms with E-state index < -0.39 is 0 Å². The standard InChI is InChI=1S/C14H23N3S.HI/c1-11-5-7-17(8-6-11)14(15)16-10-12(2)13-4-3-9-18-13;/h3-4,9,11-12H,5-8,10H2,1-2H3,(H2,15,16);1H. The monoisotopic (exact) mass is 393 g/mol. The van der Waals surface area contributed by atoms with Crippen LogP contribution >= 0.6 is 35.3 Å². The molecule has 108 valence electrons. The molecule has 1 aliphatic heterocycles. The van der Waals surface area contributed by atoms with E-state index in [4.69, 9.17) is 5.73 Å². The first-order valence-corrected chi connectivity index (χ1v) is 7.63. The summed E-state index contributed by atoms with van der Waals surface area (Å²) in [6, 6.07) is 4.26. The van der Waals surface area contributed by atoms with Crippen LogP contribution in [0.15, 0.2) is 22.5 Å². The highest BCUT2D eigenvalue weighted by Crippen LogP contribution is 2.21. The van der Waals surface area contributed by atoms with Crippen molar-refractivity contribution in [2.75, 3.05) is 19.6 Å². The molecule has 1 fully saturated rings. The van der Waals surface area contributed by atoms with Crippen LogP contribution in [-0.4, -0.2) is 30.5 Å². The number of thiophene rings is 1. The lowest BCUT2D eigenvalue weighted by molar-refractivity contribution is 0.277. The second-order valence-electron chi connectivity index (χ2n) is 5.28. The van der Waals surface area contributed by atoms with Gasteiger partial charge in [0.1, 0.15) is 0 Å². The highest BCUT2D eigenvalue weighted by atomic mass is 127. The van der Waals surface area contributed by atoms with Crippen molar-refractivity contribution in [2.24, 2.45) is 16.6 Å². The van der Waals surface area contributed by atoms with Gasteiger partial charge in [0.05, 0.1) is 6.54 Å². The Balaban J connectivity index is 0.00000180. The number of guanidine groups is 1. The number of rotatable bonds is 3. The van der Waals surface area contributed by atoms with Gasteiger partial charge in [-0.25, -0.2) is 0 Å². The molecule has 2 N–H and O–H groups in total. The average molecular weight is 393 g/mol. The van der Waals surface area contributed by atoms with Crippen molar-refractivity contribution in [3.05, 3.63) is 22.4 Å². The van der Waals surface area contributed by atoms with Crippen molar-refractivity contribution >= 4 is 41.3 Å². The van der Waals surface area contributed by atoms with Crippen LogP contribution < -0.4 is 5.73 Å². The van der Waals surface area contributed by atoms with Gasteiger partial charge in [-0.3, -0.25) is 4.99 Å². The summed E-state index contributed by atoms with van der Waals surface area (Å²) in [5.74, 6) is 2.02. The quantitative estimate of drug-likeness (QED) is 0.485. The summed E-state index contributed by atoms with van der Waals surface area (Å²) in [4.78, 5) is 8.17. The Morgan fingerprint density at radius 2 is 2.21 bits per heavy atom. The van der Waals surface area contributed by atoms with Gasteiger partial charge in [-0.15, -0.1) is 35.3 Å². The molecule has 0 aromatic carbocycles. The zero-order valence-electron chi connectivity index (χ0n) is 11.7.